The highest BCUT2D eigenvalue weighted by atomic mass is 16.5. The zero-order chi connectivity index (χ0) is 9.80. The van der Waals surface area contributed by atoms with Crippen molar-refractivity contribution in [1.82, 2.24) is 0 Å². The van der Waals surface area contributed by atoms with Gasteiger partial charge in [-0.25, -0.2) is 0 Å². The number of Topliss-reactive ketones (excluding diaryl/α,β-unsaturated/α-hetero) is 1. The Morgan fingerprint density at radius 3 is 2.71 bits per heavy atom. The van der Waals surface area contributed by atoms with Crippen LogP contribution < -0.4 is 0 Å². The highest BCUT2D eigenvalue weighted by Gasteiger charge is 2.22. The molecule has 0 aromatic carbocycles. The zero-order valence-corrected chi connectivity index (χ0v) is 8.54. The van der Waals surface area contributed by atoms with E-state index < -0.39 is 0 Å². The first-order valence-corrected chi connectivity index (χ1v) is 5.55. The molecule has 0 amide bonds. The zero-order valence-electron chi connectivity index (χ0n) is 8.54. The van der Waals surface area contributed by atoms with Crippen LogP contribution in [0.1, 0.15) is 32.1 Å². The van der Waals surface area contributed by atoms with Crippen molar-refractivity contribution in [2.24, 2.45) is 5.92 Å². The first kappa shape index (κ1) is 10.1. The molecule has 1 atom stereocenters. The topological polar surface area (TPSA) is 35.5 Å². The van der Waals surface area contributed by atoms with Gasteiger partial charge in [0.1, 0.15) is 5.78 Å². The van der Waals surface area contributed by atoms with Crippen molar-refractivity contribution in [3.63, 3.8) is 0 Å². The van der Waals surface area contributed by atoms with E-state index in [1.165, 1.54) is 0 Å². The molecule has 0 spiro atoms. The van der Waals surface area contributed by atoms with E-state index in [4.69, 9.17) is 9.47 Å². The van der Waals surface area contributed by atoms with Crippen LogP contribution in [0.2, 0.25) is 0 Å². The lowest BCUT2D eigenvalue weighted by molar-refractivity contribution is -0.123. The fraction of sp³-hybridized carbons (Fsp3) is 0.909. The lowest BCUT2D eigenvalue weighted by Crippen LogP contribution is -2.24. The minimum absolute atomic E-state index is 0.327. The summed E-state index contributed by atoms with van der Waals surface area (Å²) in [6.07, 6.45) is 4.73. The fourth-order valence-corrected chi connectivity index (χ4v) is 2.07. The minimum Gasteiger partial charge on any atom is -0.381 e. The maximum Gasteiger partial charge on any atom is 0.133 e. The van der Waals surface area contributed by atoms with Crippen LogP contribution in [0.5, 0.6) is 0 Å². The highest BCUT2D eigenvalue weighted by molar-refractivity contribution is 5.79. The highest BCUT2D eigenvalue weighted by Crippen LogP contribution is 2.20. The molecule has 0 bridgehead atoms. The first-order chi connectivity index (χ1) is 6.84. The summed E-state index contributed by atoms with van der Waals surface area (Å²) in [6, 6.07) is 0. The van der Waals surface area contributed by atoms with Crippen LogP contribution in [0.15, 0.2) is 0 Å². The Labute approximate surface area is 84.8 Å². The molecule has 3 nitrogen and oxygen atoms in total. The molecule has 1 aliphatic carbocycles. The number of hydrogen-bond donors (Lipinski definition) is 0. The quantitative estimate of drug-likeness (QED) is 0.690. The molecule has 14 heavy (non-hydrogen) atoms. The van der Waals surface area contributed by atoms with E-state index in [0.717, 1.165) is 39.1 Å². The number of rotatable bonds is 3. The molecular weight excluding hydrogens is 180 g/mol. The van der Waals surface area contributed by atoms with Crippen LogP contribution in [0, 0.1) is 5.92 Å². The van der Waals surface area contributed by atoms with E-state index in [9.17, 15) is 4.79 Å². The van der Waals surface area contributed by atoms with Gasteiger partial charge in [0, 0.05) is 25.4 Å². The first-order valence-electron chi connectivity index (χ1n) is 5.55. The van der Waals surface area contributed by atoms with Crippen molar-refractivity contribution >= 4 is 5.78 Å². The Kier molecular flexibility index (Phi) is 3.54. The van der Waals surface area contributed by atoms with Crippen molar-refractivity contribution < 1.29 is 14.3 Å². The van der Waals surface area contributed by atoms with Crippen LogP contribution >= 0.6 is 0 Å². The van der Waals surface area contributed by atoms with Crippen molar-refractivity contribution in [1.29, 1.82) is 0 Å². The molecule has 1 heterocycles. The summed E-state index contributed by atoms with van der Waals surface area (Å²) < 4.78 is 11.1. The van der Waals surface area contributed by atoms with E-state index in [0.29, 0.717) is 30.6 Å². The minimum atomic E-state index is 0.327. The Bertz CT molecular complexity index is 187. The summed E-state index contributed by atoms with van der Waals surface area (Å²) in [5, 5.41) is 0. The number of carbonyl (C=O) groups is 1. The summed E-state index contributed by atoms with van der Waals surface area (Å²) in [6.45, 7) is 2.56. The van der Waals surface area contributed by atoms with Gasteiger partial charge in [-0.2, -0.15) is 0 Å². The third-order valence-corrected chi connectivity index (χ3v) is 3.08. The maximum absolute atomic E-state index is 11.0. The molecule has 0 N–H and O–H groups in total. The van der Waals surface area contributed by atoms with Gasteiger partial charge in [-0.05, 0) is 19.3 Å². The molecule has 1 saturated heterocycles. The molecule has 2 fully saturated rings. The average molecular weight is 198 g/mol. The SMILES string of the molecule is O=C1CCC(OCC2CCOC2)CC1. The van der Waals surface area contributed by atoms with Crippen LogP contribution in [0.3, 0.4) is 0 Å². The van der Waals surface area contributed by atoms with E-state index in [2.05, 4.69) is 0 Å². The van der Waals surface area contributed by atoms with Crippen molar-refractivity contribution in [3.8, 4) is 0 Å². The summed E-state index contributed by atoms with van der Waals surface area (Å²) >= 11 is 0. The fourth-order valence-electron chi connectivity index (χ4n) is 2.07. The molecule has 3 heteroatoms. The molecular formula is C11H18O3. The van der Waals surface area contributed by atoms with Gasteiger partial charge in [0.05, 0.1) is 19.3 Å². The van der Waals surface area contributed by atoms with Gasteiger partial charge in [-0.15, -0.1) is 0 Å². The van der Waals surface area contributed by atoms with Gasteiger partial charge in [-0.1, -0.05) is 0 Å². The van der Waals surface area contributed by atoms with Crippen LogP contribution in [0.4, 0.5) is 0 Å². The van der Waals surface area contributed by atoms with Crippen molar-refractivity contribution in [2.75, 3.05) is 19.8 Å². The molecule has 0 radical (unpaired) electrons. The van der Waals surface area contributed by atoms with Crippen LogP contribution in [-0.2, 0) is 14.3 Å². The van der Waals surface area contributed by atoms with E-state index in [1.54, 1.807) is 0 Å². The summed E-state index contributed by atoms with van der Waals surface area (Å²) in [5.41, 5.74) is 0. The Balaban J connectivity index is 1.63. The number of carbonyl (C=O) groups excluding carboxylic acids is 1. The van der Waals surface area contributed by atoms with Gasteiger partial charge in [-0.3, -0.25) is 4.79 Å². The van der Waals surface area contributed by atoms with E-state index in [1.807, 2.05) is 0 Å². The summed E-state index contributed by atoms with van der Waals surface area (Å²) in [7, 11) is 0. The molecule has 2 rings (SSSR count). The molecule has 1 saturated carbocycles. The van der Waals surface area contributed by atoms with E-state index in [-0.39, 0.29) is 0 Å². The lowest BCUT2D eigenvalue weighted by Gasteiger charge is -2.22. The normalized spacial score (nSPS) is 29.7. The number of ether oxygens (including phenoxy) is 2. The van der Waals surface area contributed by atoms with Crippen LogP contribution in [0.25, 0.3) is 0 Å². The van der Waals surface area contributed by atoms with Gasteiger partial charge in [0.2, 0.25) is 0 Å². The molecule has 0 aromatic rings. The molecule has 2 aliphatic rings. The van der Waals surface area contributed by atoms with Crippen LogP contribution in [-0.4, -0.2) is 31.7 Å². The summed E-state index contributed by atoms with van der Waals surface area (Å²) in [4.78, 5) is 11.0. The lowest BCUT2D eigenvalue weighted by atomic mass is 9.96. The van der Waals surface area contributed by atoms with E-state index >= 15 is 0 Å². The third kappa shape index (κ3) is 2.79. The largest absolute Gasteiger partial charge is 0.381 e. The predicted octanol–water partition coefficient (Wildman–Crippen LogP) is 1.55. The number of hydrogen-bond acceptors (Lipinski definition) is 3. The summed E-state index contributed by atoms with van der Waals surface area (Å²) in [5.74, 6) is 0.988. The standard InChI is InChI=1S/C11H18O3/c12-10-1-3-11(4-2-10)14-8-9-5-6-13-7-9/h9,11H,1-8H2. The predicted molar refractivity (Wildman–Crippen MR) is 52.1 cm³/mol. The molecule has 0 aromatic heterocycles. The maximum atomic E-state index is 11.0. The Morgan fingerprint density at radius 2 is 2.07 bits per heavy atom. The van der Waals surface area contributed by atoms with Gasteiger partial charge in [0.15, 0.2) is 0 Å². The average Bonchev–Trinajstić information content (AvgIpc) is 2.70. The monoisotopic (exact) mass is 198 g/mol. The number of ketones is 1. The van der Waals surface area contributed by atoms with Crippen molar-refractivity contribution in [2.45, 2.75) is 38.2 Å². The second-order valence-electron chi connectivity index (χ2n) is 4.30. The second-order valence-corrected chi connectivity index (χ2v) is 4.30. The molecule has 1 aliphatic heterocycles. The Hall–Kier alpha value is -0.410. The smallest absolute Gasteiger partial charge is 0.133 e. The van der Waals surface area contributed by atoms with Crippen molar-refractivity contribution in [3.05, 3.63) is 0 Å². The Morgan fingerprint density at radius 1 is 1.29 bits per heavy atom. The molecule has 1 unspecified atom stereocenters. The van der Waals surface area contributed by atoms with Gasteiger partial charge in [0.25, 0.3) is 0 Å². The second kappa shape index (κ2) is 4.89. The third-order valence-electron chi connectivity index (χ3n) is 3.08. The van der Waals surface area contributed by atoms with Gasteiger partial charge >= 0.3 is 0 Å². The van der Waals surface area contributed by atoms with Gasteiger partial charge < -0.3 is 9.47 Å². The molecule has 80 valence electrons.